The Morgan fingerprint density at radius 3 is 2.23 bits per heavy atom. The zero-order chi connectivity index (χ0) is 21.3. The van der Waals surface area contributed by atoms with E-state index >= 15 is 0 Å². The Balaban J connectivity index is 1.46. The summed E-state index contributed by atoms with van der Waals surface area (Å²) in [5, 5.41) is 3.15. The molecular weight excluding hydrogens is 374 g/mol. The first-order valence-corrected chi connectivity index (χ1v) is 10.7. The molecule has 2 N–H and O–H groups in total. The van der Waals surface area contributed by atoms with E-state index in [1.807, 2.05) is 59.5 Å². The number of carbonyl (C=O) groups excluding carboxylic acids is 2. The predicted octanol–water partition coefficient (Wildman–Crippen LogP) is 1.94. The number of nitrogens with one attached hydrogen (secondary N) is 2. The molecule has 0 bridgehead atoms. The summed E-state index contributed by atoms with van der Waals surface area (Å²) in [6, 6.07) is 20.3. The van der Waals surface area contributed by atoms with Crippen LogP contribution in [0.4, 0.5) is 0 Å². The third-order valence-corrected chi connectivity index (χ3v) is 5.77. The van der Waals surface area contributed by atoms with Crippen molar-refractivity contribution in [1.82, 2.24) is 10.2 Å². The van der Waals surface area contributed by atoms with Gasteiger partial charge in [0, 0.05) is 30.6 Å². The van der Waals surface area contributed by atoms with Crippen molar-refractivity contribution in [3.8, 4) is 0 Å². The summed E-state index contributed by atoms with van der Waals surface area (Å²) in [6.07, 6.45) is 4.89. The van der Waals surface area contributed by atoms with Gasteiger partial charge < -0.3 is 15.1 Å². The molecule has 0 radical (unpaired) electrons. The zero-order valence-corrected chi connectivity index (χ0v) is 17.9. The van der Waals surface area contributed by atoms with Crippen molar-refractivity contribution < 1.29 is 14.5 Å². The number of likely N-dealkylation sites (N-methyl/N-ethyl adjacent to an activating group) is 1. The quantitative estimate of drug-likeness (QED) is 0.691. The minimum absolute atomic E-state index is 0.0121. The highest BCUT2D eigenvalue weighted by atomic mass is 16.2. The zero-order valence-electron chi connectivity index (χ0n) is 17.9. The summed E-state index contributed by atoms with van der Waals surface area (Å²) >= 11 is 0. The van der Waals surface area contributed by atoms with Crippen molar-refractivity contribution in [3.05, 3.63) is 77.9 Å². The van der Waals surface area contributed by atoms with Gasteiger partial charge in [-0.15, -0.1) is 0 Å². The van der Waals surface area contributed by atoms with E-state index in [0.717, 1.165) is 5.56 Å². The molecule has 0 aromatic heterocycles. The molecule has 5 nitrogen and oxygen atoms in total. The van der Waals surface area contributed by atoms with Gasteiger partial charge in [0.2, 0.25) is 11.8 Å². The lowest BCUT2D eigenvalue weighted by Crippen LogP contribution is -3.07. The van der Waals surface area contributed by atoms with Crippen LogP contribution >= 0.6 is 0 Å². The van der Waals surface area contributed by atoms with Gasteiger partial charge in [-0.25, -0.2) is 0 Å². The second kappa shape index (κ2) is 10.7. The van der Waals surface area contributed by atoms with Crippen molar-refractivity contribution in [2.24, 2.45) is 5.92 Å². The highest BCUT2D eigenvalue weighted by Crippen LogP contribution is 2.18. The molecule has 158 valence electrons. The van der Waals surface area contributed by atoms with Crippen molar-refractivity contribution >= 4 is 17.9 Å². The number of rotatable bonds is 7. The van der Waals surface area contributed by atoms with E-state index in [-0.39, 0.29) is 23.8 Å². The number of hydrogen-bond acceptors (Lipinski definition) is 2. The lowest BCUT2D eigenvalue weighted by atomic mass is 9.95. The lowest BCUT2D eigenvalue weighted by Gasteiger charge is -2.31. The van der Waals surface area contributed by atoms with Crippen LogP contribution in [0.15, 0.2) is 66.7 Å². The smallest absolute Gasteiger partial charge is 0.246 e. The van der Waals surface area contributed by atoms with Gasteiger partial charge in [-0.3, -0.25) is 9.59 Å². The van der Waals surface area contributed by atoms with Crippen molar-refractivity contribution in [2.75, 3.05) is 33.7 Å². The highest BCUT2D eigenvalue weighted by molar-refractivity contribution is 5.92. The number of benzene rings is 2. The normalized spacial score (nSPS) is 16.0. The minimum atomic E-state index is -0.0271. The summed E-state index contributed by atoms with van der Waals surface area (Å²) in [7, 11) is 4.22. The fourth-order valence-corrected chi connectivity index (χ4v) is 3.89. The summed E-state index contributed by atoms with van der Waals surface area (Å²) in [6.45, 7) is 1.86. The van der Waals surface area contributed by atoms with Crippen LogP contribution in [-0.4, -0.2) is 50.4 Å². The SMILES string of the molecule is C[NH+](C)[C@@H](CNC(=O)C1CCN(C(=O)/C=C/c2ccccc2)CC1)c1ccccc1. The van der Waals surface area contributed by atoms with E-state index in [1.54, 1.807) is 6.08 Å². The van der Waals surface area contributed by atoms with Gasteiger partial charge in [-0.05, 0) is 24.5 Å². The van der Waals surface area contributed by atoms with E-state index < -0.39 is 0 Å². The first-order chi connectivity index (χ1) is 14.5. The third kappa shape index (κ3) is 6.04. The molecule has 0 aliphatic carbocycles. The van der Waals surface area contributed by atoms with E-state index in [1.165, 1.54) is 10.5 Å². The fraction of sp³-hybridized carbons (Fsp3) is 0.360. The number of carbonyl (C=O) groups is 2. The number of amides is 2. The number of nitrogens with zero attached hydrogens (tertiary/aromatic N) is 1. The van der Waals surface area contributed by atoms with Crippen LogP contribution in [0.2, 0.25) is 0 Å². The van der Waals surface area contributed by atoms with Gasteiger partial charge in [0.1, 0.15) is 6.04 Å². The Kier molecular flexibility index (Phi) is 7.80. The summed E-state index contributed by atoms with van der Waals surface area (Å²) in [4.78, 5) is 28.3. The van der Waals surface area contributed by atoms with Crippen LogP contribution < -0.4 is 10.2 Å². The van der Waals surface area contributed by atoms with Crippen molar-refractivity contribution in [1.29, 1.82) is 0 Å². The Morgan fingerprint density at radius 2 is 1.63 bits per heavy atom. The molecule has 2 amide bonds. The summed E-state index contributed by atoms with van der Waals surface area (Å²) < 4.78 is 0. The van der Waals surface area contributed by atoms with Crippen LogP contribution in [0.5, 0.6) is 0 Å². The number of piperidine rings is 1. The monoisotopic (exact) mass is 406 g/mol. The van der Waals surface area contributed by atoms with E-state index in [2.05, 4.69) is 31.5 Å². The van der Waals surface area contributed by atoms with Crippen LogP contribution in [0, 0.1) is 5.92 Å². The van der Waals surface area contributed by atoms with E-state index in [9.17, 15) is 9.59 Å². The van der Waals surface area contributed by atoms with Gasteiger partial charge in [0.15, 0.2) is 0 Å². The Bertz CT molecular complexity index is 841. The number of likely N-dealkylation sites (tertiary alicyclic amines) is 1. The maximum absolute atomic E-state index is 12.7. The maximum atomic E-state index is 12.7. The third-order valence-electron chi connectivity index (χ3n) is 5.77. The second-order valence-corrected chi connectivity index (χ2v) is 8.13. The molecule has 2 aromatic rings. The fourth-order valence-electron chi connectivity index (χ4n) is 3.89. The molecule has 0 saturated carbocycles. The number of quaternary nitrogens is 1. The molecule has 0 spiro atoms. The average molecular weight is 407 g/mol. The summed E-state index contributed by atoms with van der Waals surface area (Å²) in [5.41, 5.74) is 2.24. The Hall–Kier alpha value is -2.92. The first-order valence-electron chi connectivity index (χ1n) is 10.7. The molecule has 3 rings (SSSR count). The molecule has 5 heteroatoms. The van der Waals surface area contributed by atoms with Gasteiger partial charge in [0.25, 0.3) is 0 Å². The van der Waals surface area contributed by atoms with Crippen LogP contribution in [-0.2, 0) is 9.59 Å². The van der Waals surface area contributed by atoms with Crippen molar-refractivity contribution in [2.45, 2.75) is 18.9 Å². The summed E-state index contributed by atoms with van der Waals surface area (Å²) in [5.74, 6) is 0.0860. The molecule has 0 unspecified atom stereocenters. The molecule has 1 atom stereocenters. The molecule has 1 fully saturated rings. The molecule has 1 aliphatic rings. The standard InChI is InChI=1S/C25H31N3O2/c1-27(2)23(21-11-7-4-8-12-21)19-26-25(30)22-15-17-28(18-16-22)24(29)14-13-20-9-5-3-6-10-20/h3-14,22-23H,15-19H2,1-2H3,(H,26,30)/p+1/b14-13+/t23-/m0/s1. The van der Waals surface area contributed by atoms with Crippen LogP contribution in [0.1, 0.15) is 30.0 Å². The van der Waals surface area contributed by atoms with Crippen molar-refractivity contribution in [3.63, 3.8) is 0 Å². The van der Waals surface area contributed by atoms with E-state index in [0.29, 0.717) is 32.5 Å². The topological polar surface area (TPSA) is 53.9 Å². The minimum Gasteiger partial charge on any atom is -0.350 e. The van der Waals surface area contributed by atoms with Gasteiger partial charge in [-0.1, -0.05) is 60.7 Å². The molecule has 1 aliphatic heterocycles. The van der Waals surface area contributed by atoms with Crippen LogP contribution in [0.3, 0.4) is 0 Å². The molecule has 30 heavy (non-hydrogen) atoms. The van der Waals surface area contributed by atoms with E-state index in [4.69, 9.17) is 0 Å². The molecular formula is C25H32N3O2+. The maximum Gasteiger partial charge on any atom is 0.246 e. The van der Waals surface area contributed by atoms with Gasteiger partial charge in [-0.2, -0.15) is 0 Å². The van der Waals surface area contributed by atoms with Gasteiger partial charge >= 0.3 is 0 Å². The Morgan fingerprint density at radius 1 is 1.03 bits per heavy atom. The number of hydrogen-bond donors (Lipinski definition) is 2. The lowest BCUT2D eigenvalue weighted by molar-refractivity contribution is -0.890. The first kappa shape index (κ1) is 21.8. The average Bonchev–Trinajstić information content (AvgIpc) is 2.79. The molecule has 1 saturated heterocycles. The second-order valence-electron chi connectivity index (χ2n) is 8.13. The largest absolute Gasteiger partial charge is 0.350 e. The predicted molar refractivity (Wildman–Crippen MR) is 120 cm³/mol. The van der Waals surface area contributed by atoms with Crippen LogP contribution in [0.25, 0.3) is 6.08 Å². The molecule has 2 aromatic carbocycles. The Labute approximate surface area is 179 Å². The highest BCUT2D eigenvalue weighted by Gasteiger charge is 2.27. The molecule has 1 heterocycles. The van der Waals surface area contributed by atoms with Gasteiger partial charge in [0.05, 0.1) is 20.6 Å².